The highest BCUT2D eigenvalue weighted by molar-refractivity contribution is 5.79. The van der Waals surface area contributed by atoms with Crippen LogP contribution in [0, 0.1) is 18.3 Å². The summed E-state index contributed by atoms with van der Waals surface area (Å²) in [6, 6.07) is 0. The van der Waals surface area contributed by atoms with Gasteiger partial charge in [-0.15, -0.1) is 6.42 Å². The molecule has 0 aromatic heterocycles. The van der Waals surface area contributed by atoms with Crippen molar-refractivity contribution in [1.29, 1.82) is 0 Å². The first kappa shape index (κ1) is 19.9. The molecule has 1 fully saturated rings. The van der Waals surface area contributed by atoms with E-state index >= 15 is 0 Å². The first-order chi connectivity index (χ1) is 10.2. The lowest BCUT2D eigenvalue weighted by Crippen LogP contribution is -2.49. The van der Waals surface area contributed by atoms with Crippen LogP contribution < -0.4 is 16.4 Å². The number of hydrogen-bond donors (Lipinski definition) is 3. The van der Waals surface area contributed by atoms with Crippen molar-refractivity contribution in [3.05, 3.63) is 0 Å². The maximum Gasteiger partial charge on any atom is 0.235 e. The minimum atomic E-state index is -0.469. The van der Waals surface area contributed by atoms with Crippen LogP contribution in [-0.4, -0.2) is 31.6 Å². The number of nitrogens with two attached hydrogens (primary N) is 1. The van der Waals surface area contributed by atoms with Gasteiger partial charge in [0.2, 0.25) is 5.91 Å². The lowest BCUT2D eigenvalue weighted by Gasteiger charge is -2.27. The Morgan fingerprint density at radius 3 is 2.29 bits per heavy atom. The van der Waals surface area contributed by atoms with Crippen molar-refractivity contribution < 1.29 is 4.79 Å². The molecule has 122 valence electrons. The first-order valence-electron chi connectivity index (χ1n) is 8.23. The lowest BCUT2D eigenvalue weighted by molar-refractivity contribution is -0.121. The minimum absolute atomic E-state index is 0.0115. The van der Waals surface area contributed by atoms with Crippen LogP contribution >= 0.6 is 0 Å². The van der Waals surface area contributed by atoms with Gasteiger partial charge in [0.15, 0.2) is 0 Å². The van der Waals surface area contributed by atoms with Crippen molar-refractivity contribution in [3.8, 4) is 12.3 Å². The summed E-state index contributed by atoms with van der Waals surface area (Å²) in [5, 5.41) is 6.25. The third kappa shape index (κ3) is 7.50. The highest BCUT2D eigenvalue weighted by Crippen LogP contribution is 2.22. The monoisotopic (exact) mass is 295 g/mol. The van der Waals surface area contributed by atoms with E-state index in [-0.39, 0.29) is 5.91 Å². The quantitative estimate of drug-likeness (QED) is 0.630. The van der Waals surface area contributed by atoms with Crippen molar-refractivity contribution in [1.82, 2.24) is 10.6 Å². The lowest BCUT2D eigenvalue weighted by atomic mass is 9.89. The average Bonchev–Trinajstić information content (AvgIpc) is 2.56. The van der Waals surface area contributed by atoms with E-state index < -0.39 is 5.54 Å². The molecule has 1 amide bonds. The summed E-state index contributed by atoms with van der Waals surface area (Å²) in [4.78, 5) is 11.9. The molecule has 0 radical (unpaired) electrons. The van der Waals surface area contributed by atoms with Crippen LogP contribution in [0.4, 0.5) is 0 Å². The Morgan fingerprint density at radius 2 is 1.81 bits per heavy atom. The smallest absolute Gasteiger partial charge is 0.235 e. The second kappa shape index (κ2) is 11.6. The molecule has 1 rings (SSSR count). The molecule has 4 heteroatoms. The Balaban J connectivity index is 0.00000191. The summed E-state index contributed by atoms with van der Waals surface area (Å²) < 4.78 is 0. The number of amides is 1. The zero-order valence-corrected chi connectivity index (χ0v) is 14.0. The standard InChI is InChI=1S/C16H28N2O.CH5N/c1-4-16(5-2,6-3)18-15(19)13-17-12-14-10-8-7-9-11-14;1-2/h1,14,17H,5-13H2,2-3H3,(H,18,19);2H2,1H3. The van der Waals surface area contributed by atoms with Crippen molar-refractivity contribution in [2.24, 2.45) is 11.7 Å². The van der Waals surface area contributed by atoms with E-state index in [4.69, 9.17) is 6.42 Å². The molecule has 0 atom stereocenters. The van der Waals surface area contributed by atoms with Gasteiger partial charge in [-0.2, -0.15) is 0 Å². The summed E-state index contributed by atoms with van der Waals surface area (Å²) in [7, 11) is 1.50. The van der Waals surface area contributed by atoms with Gasteiger partial charge in [-0.25, -0.2) is 0 Å². The maximum absolute atomic E-state index is 11.9. The first-order valence-corrected chi connectivity index (χ1v) is 8.23. The van der Waals surface area contributed by atoms with Crippen molar-refractivity contribution in [2.45, 2.75) is 64.3 Å². The Labute approximate surface area is 130 Å². The molecule has 1 aliphatic carbocycles. The molecule has 4 N–H and O–H groups in total. The maximum atomic E-state index is 11.9. The molecule has 0 saturated heterocycles. The van der Waals surface area contributed by atoms with E-state index in [1.807, 2.05) is 13.8 Å². The average molecular weight is 295 g/mol. The zero-order valence-electron chi connectivity index (χ0n) is 14.0. The molecule has 0 spiro atoms. The van der Waals surface area contributed by atoms with Gasteiger partial charge < -0.3 is 16.4 Å². The van der Waals surface area contributed by atoms with Crippen LogP contribution in [-0.2, 0) is 4.79 Å². The normalized spacial score (nSPS) is 15.6. The molecule has 21 heavy (non-hydrogen) atoms. The third-order valence-electron chi connectivity index (χ3n) is 4.31. The molecular formula is C17H33N3O. The summed E-state index contributed by atoms with van der Waals surface area (Å²) in [6.07, 6.45) is 13.7. The second-order valence-corrected chi connectivity index (χ2v) is 5.62. The fraction of sp³-hybridized carbons (Fsp3) is 0.824. The third-order valence-corrected chi connectivity index (χ3v) is 4.31. The van der Waals surface area contributed by atoms with E-state index in [0.717, 1.165) is 25.3 Å². The van der Waals surface area contributed by atoms with Gasteiger partial charge in [0.1, 0.15) is 5.54 Å². The van der Waals surface area contributed by atoms with Gasteiger partial charge in [0.05, 0.1) is 6.54 Å². The number of hydrogen-bond acceptors (Lipinski definition) is 3. The molecule has 0 unspecified atom stereocenters. The molecule has 0 aromatic rings. The second-order valence-electron chi connectivity index (χ2n) is 5.62. The van der Waals surface area contributed by atoms with Gasteiger partial charge in [-0.1, -0.05) is 39.0 Å². The fourth-order valence-corrected chi connectivity index (χ4v) is 2.76. The molecule has 0 aliphatic heterocycles. The Hall–Kier alpha value is -1.05. The van der Waals surface area contributed by atoms with Gasteiger partial charge in [0.25, 0.3) is 0 Å². The van der Waals surface area contributed by atoms with Gasteiger partial charge >= 0.3 is 0 Å². The SMILES string of the molecule is C#CC(CC)(CC)NC(=O)CNCC1CCCCC1.CN. The molecule has 0 bridgehead atoms. The van der Waals surface area contributed by atoms with Gasteiger partial charge in [0, 0.05) is 0 Å². The van der Waals surface area contributed by atoms with E-state index in [2.05, 4.69) is 22.3 Å². The molecular weight excluding hydrogens is 262 g/mol. The Kier molecular flexibility index (Phi) is 11.0. The molecule has 1 aliphatic rings. The van der Waals surface area contributed by atoms with Crippen LogP contribution in [0.3, 0.4) is 0 Å². The fourth-order valence-electron chi connectivity index (χ4n) is 2.76. The van der Waals surface area contributed by atoms with Crippen molar-refractivity contribution in [2.75, 3.05) is 20.1 Å². The number of rotatable bonds is 7. The van der Waals surface area contributed by atoms with Crippen LogP contribution in [0.5, 0.6) is 0 Å². The molecule has 0 aromatic carbocycles. The number of carbonyl (C=O) groups excluding carboxylic acids is 1. The van der Waals surface area contributed by atoms with Crippen molar-refractivity contribution >= 4 is 5.91 Å². The predicted molar refractivity (Wildman–Crippen MR) is 89.8 cm³/mol. The van der Waals surface area contributed by atoms with Crippen LogP contribution in [0.25, 0.3) is 0 Å². The Bertz CT molecular complexity index is 312. The number of nitrogens with one attached hydrogen (secondary N) is 2. The highest BCUT2D eigenvalue weighted by atomic mass is 16.2. The van der Waals surface area contributed by atoms with Crippen LogP contribution in [0.2, 0.25) is 0 Å². The van der Waals surface area contributed by atoms with E-state index in [1.54, 1.807) is 0 Å². The van der Waals surface area contributed by atoms with Gasteiger partial charge in [-0.05, 0) is 45.2 Å². The van der Waals surface area contributed by atoms with E-state index in [0.29, 0.717) is 6.54 Å². The molecule has 0 heterocycles. The summed E-state index contributed by atoms with van der Waals surface area (Å²) in [5.41, 5.74) is 4.03. The topological polar surface area (TPSA) is 67.2 Å². The molecule has 4 nitrogen and oxygen atoms in total. The van der Waals surface area contributed by atoms with Crippen LogP contribution in [0.1, 0.15) is 58.8 Å². The largest absolute Gasteiger partial charge is 0.339 e. The van der Waals surface area contributed by atoms with E-state index in [1.165, 1.54) is 39.2 Å². The summed E-state index contributed by atoms with van der Waals surface area (Å²) in [6.45, 7) is 5.35. The van der Waals surface area contributed by atoms with Crippen LogP contribution in [0.15, 0.2) is 0 Å². The molecule has 1 saturated carbocycles. The number of carbonyl (C=O) groups is 1. The van der Waals surface area contributed by atoms with Crippen molar-refractivity contribution in [3.63, 3.8) is 0 Å². The van der Waals surface area contributed by atoms with Gasteiger partial charge in [-0.3, -0.25) is 4.79 Å². The zero-order chi connectivity index (χ0) is 16.1. The number of terminal acetylenes is 1. The van der Waals surface area contributed by atoms with E-state index in [9.17, 15) is 4.79 Å². The highest BCUT2D eigenvalue weighted by Gasteiger charge is 2.25. The summed E-state index contributed by atoms with van der Waals surface area (Å²) in [5.74, 6) is 3.48. The predicted octanol–water partition coefficient (Wildman–Crippen LogP) is 2.04. The minimum Gasteiger partial charge on any atom is -0.339 e. The Morgan fingerprint density at radius 1 is 1.24 bits per heavy atom. The summed E-state index contributed by atoms with van der Waals surface area (Å²) >= 11 is 0.